The summed E-state index contributed by atoms with van der Waals surface area (Å²) >= 11 is 0. The standard InChI is InChI=1S/C14H20N2O3S/c1-16(2)13-5-3-12(4-6-13)15-14(17)9-11-7-8-20(18,19)10-11/h3-6,11H,7-10H2,1-2H3,(H,15,17). The van der Waals surface area contributed by atoms with E-state index in [4.69, 9.17) is 0 Å². The van der Waals surface area contributed by atoms with E-state index < -0.39 is 9.84 Å². The summed E-state index contributed by atoms with van der Waals surface area (Å²) in [7, 11) is 0.990. The van der Waals surface area contributed by atoms with E-state index >= 15 is 0 Å². The van der Waals surface area contributed by atoms with E-state index in [1.165, 1.54) is 0 Å². The number of amides is 1. The molecule has 1 saturated heterocycles. The number of nitrogens with one attached hydrogen (secondary N) is 1. The number of nitrogens with zero attached hydrogens (tertiary/aromatic N) is 1. The van der Waals surface area contributed by atoms with Gasteiger partial charge in [0, 0.05) is 31.9 Å². The Morgan fingerprint density at radius 2 is 1.95 bits per heavy atom. The molecule has 1 unspecified atom stereocenters. The molecule has 1 heterocycles. The highest BCUT2D eigenvalue weighted by atomic mass is 32.2. The van der Waals surface area contributed by atoms with Gasteiger partial charge in [-0.25, -0.2) is 8.42 Å². The lowest BCUT2D eigenvalue weighted by Gasteiger charge is -2.13. The van der Waals surface area contributed by atoms with Gasteiger partial charge in [-0.3, -0.25) is 4.79 Å². The van der Waals surface area contributed by atoms with Gasteiger partial charge in [0.15, 0.2) is 9.84 Å². The van der Waals surface area contributed by atoms with Crippen LogP contribution < -0.4 is 10.2 Å². The summed E-state index contributed by atoms with van der Waals surface area (Å²) in [5.41, 5.74) is 1.80. The fourth-order valence-electron chi connectivity index (χ4n) is 2.35. The molecule has 20 heavy (non-hydrogen) atoms. The van der Waals surface area contributed by atoms with E-state index in [9.17, 15) is 13.2 Å². The average molecular weight is 296 g/mol. The van der Waals surface area contributed by atoms with Gasteiger partial charge >= 0.3 is 0 Å². The van der Waals surface area contributed by atoms with Crippen LogP contribution in [0.3, 0.4) is 0 Å². The summed E-state index contributed by atoms with van der Waals surface area (Å²) in [4.78, 5) is 13.9. The topological polar surface area (TPSA) is 66.5 Å². The lowest BCUT2D eigenvalue weighted by molar-refractivity contribution is -0.116. The van der Waals surface area contributed by atoms with Crippen molar-refractivity contribution >= 4 is 27.1 Å². The van der Waals surface area contributed by atoms with Gasteiger partial charge in [-0.05, 0) is 36.6 Å². The Morgan fingerprint density at radius 3 is 2.45 bits per heavy atom. The summed E-state index contributed by atoms with van der Waals surface area (Å²) in [6, 6.07) is 7.54. The van der Waals surface area contributed by atoms with Crippen molar-refractivity contribution in [1.82, 2.24) is 0 Å². The summed E-state index contributed by atoms with van der Waals surface area (Å²) in [5.74, 6) is 0.188. The molecule has 0 aromatic heterocycles. The second kappa shape index (κ2) is 5.83. The van der Waals surface area contributed by atoms with E-state index in [1.807, 2.05) is 43.3 Å². The van der Waals surface area contributed by atoms with Gasteiger partial charge < -0.3 is 10.2 Å². The zero-order valence-corrected chi connectivity index (χ0v) is 12.6. The average Bonchev–Trinajstić information content (AvgIpc) is 2.69. The van der Waals surface area contributed by atoms with E-state index in [2.05, 4.69) is 5.32 Å². The molecule has 1 amide bonds. The van der Waals surface area contributed by atoms with Crippen LogP contribution in [-0.2, 0) is 14.6 Å². The Hall–Kier alpha value is -1.56. The second-order valence-corrected chi connectivity index (χ2v) is 7.69. The van der Waals surface area contributed by atoms with Crippen LogP contribution in [-0.4, -0.2) is 39.9 Å². The molecule has 1 aliphatic heterocycles. The number of carbonyl (C=O) groups excluding carboxylic acids is 1. The highest BCUT2D eigenvalue weighted by Gasteiger charge is 2.29. The number of benzene rings is 1. The highest BCUT2D eigenvalue weighted by molar-refractivity contribution is 7.91. The third-order valence-electron chi connectivity index (χ3n) is 3.47. The SMILES string of the molecule is CN(C)c1ccc(NC(=O)CC2CCS(=O)(=O)C2)cc1. The van der Waals surface area contributed by atoms with Crippen molar-refractivity contribution in [2.45, 2.75) is 12.8 Å². The van der Waals surface area contributed by atoms with Gasteiger partial charge in [-0.2, -0.15) is 0 Å². The first kappa shape index (κ1) is 14.8. The number of rotatable bonds is 4. The van der Waals surface area contributed by atoms with Gasteiger partial charge in [0.05, 0.1) is 11.5 Å². The van der Waals surface area contributed by atoms with Crippen LogP contribution in [0.1, 0.15) is 12.8 Å². The van der Waals surface area contributed by atoms with Crippen molar-refractivity contribution in [3.05, 3.63) is 24.3 Å². The van der Waals surface area contributed by atoms with Gasteiger partial charge in [0.2, 0.25) is 5.91 Å². The highest BCUT2D eigenvalue weighted by Crippen LogP contribution is 2.22. The zero-order valence-electron chi connectivity index (χ0n) is 11.8. The van der Waals surface area contributed by atoms with Crippen molar-refractivity contribution in [2.24, 2.45) is 5.92 Å². The molecular weight excluding hydrogens is 276 g/mol. The Kier molecular flexibility index (Phi) is 4.32. The van der Waals surface area contributed by atoms with Gasteiger partial charge in [-0.15, -0.1) is 0 Å². The van der Waals surface area contributed by atoms with Crippen molar-refractivity contribution < 1.29 is 13.2 Å². The molecule has 1 N–H and O–H groups in total. The molecule has 110 valence electrons. The molecule has 6 heteroatoms. The number of sulfone groups is 1. The summed E-state index contributed by atoms with van der Waals surface area (Å²) in [6.07, 6.45) is 0.865. The van der Waals surface area contributed by atoms with Crippen LogP contribution in [0, 0.1) is 5.92 Å². The molecule has 1 aliphatic rings. The number of hydrogen-bond acceptors (Lipinski definition) is 4. The van der Waals surface area contributed by atoms with E-state index in [0.717, 1.165) is 11.4 Å². The molecule has 1 aromatic carbocycles. The maximum atomic E-state index is 11.9. The Balaban J connectivity index is 1.88. The third-order valence-corrected chi connectivity index (χ3v) is 5.31. The number of carbonyl (C=O) groups is 1. The first-order chi connectivity index (χ1) is 9.35. The maximum Gasteiger partial charge on any atom is 0.224 e. The Bertz CT molecular complexity index is 579. The van der Waals surface area contributed by atoms with Crippen LogP contribution in [0.4, 0.5) is 11.4 Å². The fraction of sp³-hybridized carbons (Fsp3) is 0.500. The third kappa shape index (κ3) is 3.96. The molecule has 5 nitrogen and oxygen atoms in total. The predicted molar refractivity (Wildman–Crippen MR) is 80.8 cm³/mol. The van der Waals surface area contributed by atoms with Gasteiger partial charge in [-0.1, -0.05) is 0 Å². The van der Waals surface area contributed by atoms with Gasteiger partial charge in [0.25, 0.3) is 0 Å². The van der Waals surface area contributed by atoms with Gasteiger partial charge in [0.1, 0.15) is 0 Å². The maximum absolute atomic E-state index is 11.9. The lowest BCUT2D eigenvalue weighted by atomic mass is 10.1. The monoisotopic (exact) mass is 296 g/mol. The minimum atomic E-state index is -2.91. The molecule has 0 aliphatic carbocycles. The Morgan fingerprint density at radius 1 is 1.30 bits per heavy atom. The summed E-state index contributed by atoms with van der Waals surface area (Å²) in [6.45, 7) is 0. The molecule has 0 bridgehead atoms. The smallest absolute Gasteiger partial charge is 0.224 e. The van der Waals surface area contributed by atoms with Crippen molar-refractivity contribution in [3.63, 3.8) is 0 Å². The predicted octanol–water partition coefficient (Wildman–Crippen LogP) is 1.52. The molecule has 0 spiro atoms. The minimum Gasteiger partial charge on any atom is -0.378 e. The number of anilines is 2. The minimum absolute atomic E-state index is 0.0407. The normalized spacial score (nSPS) is 20.6. The van der Waals surface area contributed by atoms with Crippen LogP contribution >= 0.6 is 0 Å². The van der Waals surface area contributed by atoms with Crippen molar-refractivity contribution in [3.8, 4) is 0 Å². The quantitative estimate of drug-likeness (QED) is 0.914. The largest absolute Gasteiger partial charge is 0.378 e. The van der Waals surface area contributed by atoms with Crippen LogP contribution in [0.5, 0.6) is 0 Å². The molecule has 0 saturated carbocycles. The van der Waals surface area contributed by atoms with E-state index in [1.54, 1.807) is 0 Å². The summed E-state index contributed by atoms with van der Waals surface area (Å²) in [5, 5.41) is 2.81. The molecule has 1 atom stereocenters. The van der Waals surface area contributed by atoms with Crippen LogP contribution in [0.15, 0.2) is 24.3 Å². The molecule has 2 rings (SSSR count). The van der Waals surface area contributed by atoms with Crippen molar-refractivity contribution in [2.75, 3.05) is 35.8 Å². The van der Waals surface area contributed by atoms with Crippen LogP contribution in [0.2, 0.25) is 0 Å². The second-order valence-electron chi connectivity index (χ2n) is 5.46. The van der Waals surface area contributed by atoms with E-state index in [0.29, 0.717) is 6.42 Å². The number of hydrogen-bond donors (Lipinski definition) is 1. The fourth-order valence-corrected chi connectivity index (χ4v) is 4.21. The molecule has 1 aromatic rings. The lowest BCUT2D eigenvalue weighted by Crippen LogP contribution is -2.17. The van der Waals surface area contributed by atoms with Crippen LogP contribution in [0.25, 0.3) is 0 Å². The zero-order chi connectivity index (χ0) is 14.8. The molecule has 0 radical (unpaired) electrons. The molecular formula is C14H20N2O3S. The Labute approximate surface area is 119 Å². The first-order valence-electron chi connectivity index (χ1n) is 6.63. The van der Waals surface area contributed by atoms with Crippen molar-refractivity contribution in [1.29, 1.82) is 0 Å². The van der Waals surface area contributed by atoms with E-state index in [-0.39, 0.29) is 29.8 Å². The first-order valence-corrected chi connectivity index (χ1v) is 8.45. The summed E-state index contributed by atoms with van der Waals surface area (Å²) < 4.78 is 22.7. The molecule has 1 fully saturated rings.